The molecule has 0 N–H and O–H groups in total. The summed E-state index contributed by atoms with van der Waals surface area (Å²) in [4.78, 5) is 25.7. The lowest BCUT2D eigenvalue weighted by Gasteiger charge is -2.15. The summed E-state index contributed by atoms with van der Waals surface area (Å²) in [5, 5.41) is 0. The molecule has 0 radical (unpaired) electrons. The van der Waals surface area contributed by atoms with Crippen LogP contribution in [0.5, 0.6) is 0 Å². The second-order valence-electron chi connectivity index (χ2n) is 7.49. The van der Waals surface area contributed by atoms with Crippen molar-refractivity contribution in [2.45, 2.75) is 58.5 Å². The quantitative estimate of drug-likeness (QED) is 0.520. The maximum absolute atomic E-state index is 13.1. The highest BCUT2D eigenvalue weighted by atomic mass is 16.2. The molecule has 4 heteroatoms. The first-order chi connectivity index (χ1) is 14.2. The summed E-state index contributed by atoms with van der Waals surface area (Å²) in [5.74, 6) is 0. The van der Waals surface area contributed by atoms with E-state index in [1.54, 1.807) is 6.07 Å². The number of aromatic nitrogens is 2. The Morgan fingerprint density at radius 2 is 1.21 bits per heavy atom. The van der Waals surface area contributed by atoms with Gasteiger partial charge in [0.25, 0.3) is 5.56 Å². The van der Waals surface area contributed by atoms with Gasteiger partial charge >= 0.3 is 5.69 Å². The summed E-state index contributed by atoms with van der Waals surface area (Å²) in [7, 11) is 0. The van der Waals surface area contributed by atoms with E-state index in [-0.39, 0.29) is 11.2 Å². The maximum atomic E-state index is 13.1. The molecular formula is C25H30N2O2. The first kappa shape index (κ1) is 20.8. The molecule has 1 heterocycles. The molecule has 0 spiro atoms. The fourth-order valence-corrected chi connectivity index (χ4v) is 3.74. The summed E-state index contributed by atoms with van der Waals surface area (Å²) < 4.78 is 3.22. The van der Waals surface area contributed by atoms with Crippen LogP contribution >= 0.6 is 0 Å². The van der Waals surface area contributed by atoms with Crippen molar-refractivity contribution < 1.29 is 0 Å². The molecule has 0 saturated heterocycles. The Hall–Kier alpha value is -2.88. The van der Waals surface area contributed by atoms with Crippen molar-refractivity contribution in [2.24, 2.45) is 0 Å². The van der Waals surface area contributed by atoms with Crippen molar-refractivity contribution in [1.82, 2.24) is 9.13 Å². The Bertz CT molecular complexity index is 1000. The second-order valence-corrected chi connectivity index (χ2v) is 7.49. The Labute approximate surface area is 172 Å². The van der Waals surface area contributed by atoms with Crippen LogP contribution in [-0.4, -0.2) is 9.13 Å². The Morgan fingerprint density at radius 1 is 0.690 bits per heavy atom. The van der Waals surface area contributed by atoms with Gasteiger partial charge in [0.05, 0.1) is 0 Å². The van der Waals surface area contributed by atoms with Gasteiger partial charge in [-0.05, 0) is 43.2 Å². The normalized spacial score (nSPS) is 10.9. The fraction of sp³-hybridized carbons (Fsp3) is 0.360. The first-order valence-corrected chi connectivity index (χ1v) is 10.6. The van der Waals surface area contributed by atoms with Crippen molar-refractivity contribution in [1.29, 1.82) is 0 Å². The third-order valence-corrected chi connectivity index (χ3v) is 5.25. The molecule has 0 fully saturated rings. The molecule has 2 aromatic carbocycles. The molecule has 3 rings (SSSR count). The van der Waals surface area contributed by atoms with Gasteiger partial charge in [-0.25, -0.2) is 4.79 Å². The molecule has 0 saturated carbocycles. The Balaban J connectivity index is 1.73. The van der Waals surface area contributed by atoms with E-state index in [9.17, 15) is 9.59 Å². The fourth-order valence-electron chi connectivity index (χ4n) is 3.74. The number of hydrogen-bond donors (Lipinski definition) is 0. The summed E-state index contributed by atoms with van der Waals surface area (Å²) in [6, 6.07) is 22.2. The van der Waals surface area contributed by atoms with E-state index in [0.29, 0.717) is 13.1 Å². The average Bonchev–Trinajstić information content (AvgIpc) is 2.74. The number of benzene rings is 2. The highest BCUT2D eigenvalue weighted by Gasteiger charge is 2.11. The summed E-state index contributed by atoms with van der Waals surface area (Å²) >= 11 is 0. The topological polar surface area (TPSA) is 44.0 Å². The van der Waals surface area contributed by atoms with E-state index in [2.05, 4.69) is 31.2 Å². The minimum Gasteiger partial charge on any atom is -0.298 e. The number of hydrogen-bond acceptors (Lipinski definition) is 2. The number of nitrogens with zero attached hydrogens (tertiary/aromatic N) is 2. The molecule has 0 amide bonds. The van der Waals surface area contributed by atoms with Crippen LogP contribution in [0.2, 0.25) is 0 Å². The zero-order chi connectivity index (χ0) is 20.5. The maximum Gasteiger partial charge on any atom is 0.331 e. The molecule has 0 aliphatic carbocycles. The van der Waals surface area contributed by atoms with Crippen LogP contribution in [0.1, 0.15) is 43.0 Å². The smallest absolute Gasteiger partial charge is 0.298 e. The molecule has 29 heavy (non-hydrogen) atoms. The van der Waals surface area contributed by atoms with Crippen LogP contribution in [0.25, 0.3) is 0 Å². The molecular weight excluding hydrogens is 360 g/mol. The molecule has 3 aromatic rings. The van der Waals surface area contributed by atoms with Gasteiger partial charge in [-0.2, -0.15) is 0 Å². The van der Waals surface area contributed by atoms with Gasteiger partial charge in [0, 0.05) is 24.8 Å². The van der Waals surface area contributed by atoms with Crippen molar-refractivity contribution >= 4 is 0 Å². The number of rotatable bonds is 10. The van der Waals surface area contributed by atoms with Crippen molar-refractivity contribution in [3.8, 4) is 0 Å². The zero-order valence-corrected chi connectivity index (χ0v) is 17.2. The highest BCUT2D eigenvalue weighted by Crippen LogP contribution is 2.07. The standard InChI is InChI=1S/C25H30N2O2/c1-2-11-23-20-24(28)27(19-10-17-22-14-7-4-8-15-22)25(29)26(23)18-9-16-21-12-5-3-6-13-21/h3-8,12-15,20H,2,9-11,16-19H2,1H3. The lowest BCUT2D eigenvalue weighted by Crippen LogP contribution is -2.41. The minimum absolute atomic E-state index is 0.165. The predicted molar refractivity (Wildman–Crippen MR) is 118 cm³/mol. The second kappa shape index (κ2) is 10.6. The molecule has 0 bridgehead atoms. The lowest BCUT2D eigenvalue weighted by atomic mass is 10.1. The van der Waals surface area contributed by atoms with Crippen LogP contribution in [0.3, 0.4) is 0 Å². The van der Waals surface area contributed by atoms with Crippen LogP contribution in [-0.2, 0) is 32.4 Å². The van der Waals surface area contributed by atoms with E-state index < -0.39 is 0 Å². The summed E-state index contributed by atoms with van der Waals surface area (Å²) in [6.07, 6.45) is 5.10. The lowest BCUT2D eigenvalue weighted by molar-refractivity contribution is 0.504. The van der Waals surface area contributed by atoms with Crippen molar-refractivity contribution in [3.05, 3.63) is 104 Å². The molecule has 0 unspecified atom stereocenters. The Morgan fingerprint density at radius 3 is 1.72 bits per heavy atom. The molecule has 152 valence electrons. The molecule has 0 aliphatic rings. The van der Waals surface area contributed by atoms with E-state index in [4.69, 9.17) is 0 Å². The molecule has 4 nitrogen and oxygen atoms in total. The third kappa shape index (κ3) is 5.80. The Kier molecular flexibility index (Phi) is 7.62. The van der Waals surface area contributed by atoms with E-state index in [0.717, 1.165) is 44.2 Å². The minimum atomic E-state index is -0.175. The van der Waals surface area contributed by atoms with Crippen molar-refractivity contribution in [3.63, 3.8) is 0 Å². The first-order valence-electron chi connectivity index (χ1n) is 10.6. The van der Waals surface area contributed by atoms with Gasteiger partial charge in [-0.15, -0.1) is 0 Å². The number of aryl methyl sites for hydroxylation is 3. The predicted octanol–water partition coefficient (Wildman–Crippen LogP) is 4.23. The summed E-state index contributed by atoms with van der Waals surface area (Å²) in [5.41, 5.74) is 3.02. The van der Waals surface area contributed by atoms with E-state index in [1.807, 2.05) is 41.0 Å². The van der Waals surface area contributed by atoms with E-state index >= 15 is 0 Å². The molecule has 0 aliphatic heterocycles. The van der Waals surface area contributed by atoms with Crippen molar-refractivity contribution in [2.75, 3.05) is 0 Å². The van der Waals surface area contributed by atoms with Gasteiger partial charge in [0.1, 0.15) is 0 Å². The van der Waals surface area contributed by atoms with Gasteiger partial charge in [0.15, 0.2) is 0 Å². The van der Waals surface area contributed by atoms with Gasteiger partial charge < -0.3 is 0 Å². The SMILES string of the molecule is CCCc1cc(=O)n(CCCc2ccccc2)c(=O)n1CCCc1ccccc1. The van der Waals surface area contributed by atoms with Crippen LogP contribution in [0.4, 0.5) is 0 Å². The largest absolute Gasteiger partial charge is 0.331 e. The van der Waals surface area contributed by atoms with Gasteiger partial charge in [-0.1, -0.05) is 74.0 Å². The van der Waals surface area contributed by atoms with Crippen LogP contribution in [0.15, 0.2) is 76.3 Å². The summed E-state index contributed by atoms with van der Waals surface area (Å²) in [6.45, 7) is 3.17. The molecule has 0 atom stereocenters. The third-order valence-electron chi connectivity index (χ3n) is 5.25. The van der Waals surface area contributed by atoms with Crippen LogP contribution in [0, 0.1) is 0 Å². The van der Waals surface area contributed by atoms with E-state index in [1.165, 1.54) is 15.7 Å². The zero-order valence-electron chi connectivity index (χ0n) is 17.2. The molecule has 1 aromatic heterocycles. The van der Waals surface area contributed by atoms with Gasteiger partial charge in [0.2, 0.25) is 0 Å². The average molecular weight is 391 g/mol. The monoisotopic (exact) mass is 390 g/mol. The van der Waals surface area contributed by atoms with Crippen LogP contribution < -0.4 is 11.2 Å². The van der Waals surface area contributed by atoms with Gasteiger partial charge in [-0.3, -0.25) is 13.9 Å². The highest BCUT2D eigenvalue weighted by molar-refractivity contribution is 5.15.